The highest BCUT2D eigenvalue weighted by molar-refractivity contribution is 7.99. The number of amides is 1. The average molecular weight is 326 g/mol. The Morgan fingerprint density at radius 3 is 2.50 bits per heavy atom. The zero-order chi connectivity index (χ0) is 14.9. The molecule has 0 radical (unpaired) electrons. The highest BCUT2D eigenvalue weighted by Crippen LogP contribution is 2.08. The number of carbonyl (C=O) groups is 1. The van der Waals surface area contributed by atoms with Crippen LogP contribution >= 0.6 is 24.2 Å². The van der Waals surface area contributed by atoms with E-state index in [2.05, 4.69) is 10.3 Å². The Morgan fingerprint density at radius 1 is 1.40 bits per heavy atom. The number of nitrogens with zero attached hydrogens (tertiary/aromatic N) is 1. The standard InChI is InChI=1S/C13H27N3O2S.ClH/c1-10(16-12(17)18-13(3,4)5)6-8-19-9-7-15-11(2)14;/h10H,6-9H2,1-5H3,(H2,14,15)(H,16,17);1H/t10-;/m1./s1. The Hall–Kier alpha value is -0.620. The average Bonchev–Trinajstić information content (AvgIpc) is 2.19. The molecule has 1 atom stereocenters. The van der Waals surface area contributed by atoms with E-state index < -0.39 is 5.60 Å². The first-order valence-corrected chi connectivity index (χ1v) is 7.70. The summed E-state index contributed by atoms with van der Waals surface area (Å²) >= 11 is 1.81. The number of ether oxygens (including phenoxy) is 1. The zero-order valence-electron chi connectivity index (χ0n) is 13.1. The van der Waals surface area contributed by atoms with Gasteiger partial charge in [0.1, 0.15) is 5.60 Å². The Morgan fingerprint density at radius 2 is 2.00 bits per heavy atom. The first-order valence-electron chi connectivity index (χ1n) is 6.54. The summed E-state index contributed by atoms with van der Waals surface area (Å²) < 4.78 is 5.19. The van der Waals surface area contributed by atoms with Crippen molar-refractivity contribution in [3.8, 4) is 0 Å². The number of alkyl carbamates (subject to hydrolysis) is 1. The minimum atomic E-state index is -0.448. The normalized spacial score (nSPS) is 13.3. The summed E-state index contributed by atoms with van der Waals surface area (Å²) in [6.07, 6.45) is 0.559. The van der Waals surface area contributed by atoms with E-state index >= 15 is 0 Å². The first kappa shape index (κ1) is 21.7. The molecule has 0 bridgehead atoms. The van der Waals surface area contributed by atoms with Gasteiger partial charge < -0.3 is 15.8 Å². The van der Waals surface area contributed by atoms with Gasteiger partial charge in [-0.3, -0.25) is 4.99 Å². The number of thioether (sulfide) groups is 1. The van der Waals surface area contributed by atoms with Crippen molar-refractivity contribution in [3.05, 3.63) is 0 Å². The molecule has 0 fully saturated rings. The smallest absolute Gasteiger partial charge is 0.407 e. The van der Waals surface area contributed by atoms with Gasteiger partial charge in [0.25, 0.3) is 0 Å². The Balaban J connectivity index is 0. The molecule has 0 saturated heterocycles. The predicted molar refractivity (Wildman–Crippen MR) is 90.2 cm³/mol. The Labute approximate surface area is 132 Å². The minimum absolute atomic E-state index is 0. The Kier molecular flexibility index (Phi) is 12.0. The van der Waals surface area contributed by atoms with E-state index in [-0.39, 0.29) is 24.5 Å². The molecule has 0 aromatic carbocycles. The van der Waals surface area contributed by atoms with Gasteiger partial charge in [0.2, 0.25) is 0 Å². The van der Waals surface area contributed by atoms with E-state index in [1.54, 1.807) is 6.92 Å². The van der Waals surface area contributed by atoms with E-state index in [9.17, 15) is 4.79 Å². The van der Waals surface area contributed by atoms with Crippen molar-refractivity contribution >= 4 is 36.1 Å². The van der Waals surface area contributed by atoms with Crippen LogP contribution in [0.25, 0.3) is 0 Å². The second kappa shape index (κ2) is 11.1. The monoisotopic (exact) mass is 325 g/mol. The third-order valence-corrected chi connectivity index (χ3v) is 3.05. The number of hydrogen-bond donors (Lipinski definition) is 2. The molecule has 20 heavy (non-hydrogen) atoms. The van der Waals surface area contributed by atoms with Gasteiger partial charge in [0.05, 0.1) is 5.84 Å². The van der Waals surface area contributed by atoms with Crippen LogP contribution in [0.15, 0.2) is 4.99 Å². The van der Waals surface area contributed by atoms with E-state index in [0.29, 0.717) is 5.84 Å². The number of nitrogens with one attached hydrogen (secondary N) is 1. The number of halogens is 1. The van der Waals surface area contributed by atoms with Crippen molar-refractivity contribution < 1.29 is 9.53 Å². The van der Waals surface area contributed by atoms with Crippen LogP contribution < -0.4 is 11.1 Å². The first-order chi connectivity index (χ1) is 8.70. The molecule has 120 valence electrons. The van der Waals surface area contributed by atoms with Gasteiger partial charge in [-0.1, -0.05) is 0 Å². The van der Waals surface area contributed by atoms with Gasteiger partial charge in [0.15, 0.2) is 0 Å². The number of hydrogen-bond acceptors (Lipinski definition) is 4. The predicted octanol–water partition coefficient (Wildman–Crippen LogP) is 2.82. The fraction of sp³-hybridized carbons (Fsp3) is 0.846. The van der Waals surface area contributed by atoms with Crippen molar-refractivity contribution in [3.63, 3.8) is 0 Å². The van der Waals surface area contributed by atoms with Gasteiger partial charge in [-0.25, -0.2) is 4.79 Å². The summed E-state index contributed by atoms with van der Waals surface area (Å²) in [6.45, 7) is 10.1. The molecule has 0 aromatic rings. The maximum Gasteiger partial charge on any atom is 0.407 e. The number of rotatable bonds is 7. The van der Waals surface area contributed by atoms with Gasteiger partial charge in [0, 0.05) is 18.3 Å². The third kappa shape index (κ3) is 15.4. The van der Waals surface area contributed by atoms with Gasteiger partial charge in [-0.05, 0) is 46.8 Å². The molecule has 0 aliphatic carbocycles. The summed E-state index contributed by atoms with van der Waals surface area (Å²) in [7, 11) is 0. The fourth-order valence-corrected chi connectivity index (χ4v) is 2.17. The molecule has 3 N–H and O–H groups in total. The molecular weight excluding hydrogens is 298 g/mol. The summed E-state index contributed by atoms with van der Waals surface area (Å²) in [5, 5.41) is 2.82. The highest BCUT2D eigenvalue weighted by Gasteiger charge is 2.17. The van der Waals surface area contributed by atoms with Crippen molar-refractivity contribution in [2.45, 2.75) is 52.7 Å². The molecule has 5 nitrogen and oxygen atoms in total. The van der Waals surface area contributed by atoms with Crippen molar-refractivity contribution in [2.24, 2.45) is 10.7 Å². The second-order valence-electron chi connectivity index (χ2n) is 5.47. The molecule has 0 unspecified atom stereocenters. The van der Waals surface area contributed by atoms with Crippen LogP contribution in [0.3, 0.4) is 0 Å². The van der Waals surface area contributed by atoms with Crippen LogP contribution in [-0.2, 0) is 4.74 Å². The number of nitrogens with two attached hydrogens (primary N) is 1. The fourth-order valence-electron chi connectivity index (χ4n) is 1.23. The molecular formula is C13H28ClN3O2S. The molecule has 0 saturated carbocycles. The van der Waals surface area contributed by atoms with Gasteiger partial charge in [-0.2, -0.15) is 11.8 Å². The van der Waals surface area contributed by atoms with E-state index in [1.807, 2.05) is 39.5 Å². The zero-order valence-corrected chi connectivity index (χ0v) is 14.7. The summed E-state index contributed by atoms with van der Waals surface area (Å²) in [5.41, 5.74) is 4.99. The molecule has 0 aromatic heterocycles. The highest BCUT2D eigenvalue weighted by atomic mass is 35.5. The number of amidine groups is 1. The molecule has 7 heteroatoms. The van der Waals surface area contributed by atoms with Gasteiger partial charge in [-0.15, -0.1) is 12.4 Å². The second-order valence-corrected chi connectivity index (χ2v) is 6.70. The van der Waals surface area contributed by atoms with Crippen LogP contribution in [0.5, 0.6) is 0 Å². The maximum atomic E-state index is 11.5. The van der Waals surface area contributed by atoms with Crippen LogP contribution in [0.1, 0.15) is 41.0 Å². The lowest BCUT2D eigenvalue weighted by Gasteiger charge is -2.21. The van der Waals surface area contributed by atoms with Crippen molar-refractivity contribution in [1.29, 1.82) is 0 Å². The molecule has 0 heterocycles. The lowest BCUT2D eigenvalue weighted by molar-refractivity contribution is 0.0508. The Bertz CT molecular complexity index is 302. The van der Waals surface area contributed by atoms with Crippen LogP contribution in [0.4, 0.5) is 4.79 Å². The van der Waals surface area contributed by atoms with E-state index in [1.165, 1.54) is 0 Å². The number of aliphatic imine (C=N–C) groups is 1. The SMILES string of the molecule is CC(N)=NCCSCC[C@@H](C)NC(=O)OC(C)(C)C.Cl. The third-order valence-electron chi connectivity index (χ3n) is 2.06. The molecule has 0 rings (SSSR count). The molecule has 0 aliphatic rings. The van der Waals surface area contributed by atoms with Gasteiger partial charge >= 0.3 is 6.09 Å². The summed E-state index contributed by atoms with van der Waals surface area (Å²) in [4.78, 5) is 15.6. The van der Waals surface area contributed by atoms with Crippen molar-refractivity contribution in [2.75, 3.05) is 18.1 Å². The van der Waals surface area contributed by atoms with Crippen LogP contribution in [0, 0.1) is 0 Å². The lowest BCUT2D eigenvalue weighted by Crippen LogP contribution is -2.37. The topological polar surface area (TPSA) is 76.7 Å². The largest absolute Gasteiger partial charge is 0.444 e. The maximum absolute atomic E-state index is 11.5. The van der Waals surface area contributed by atoms with Crippen LogP contribution in [0.2, 0.25) is 0 Å². The quantitative estimate of drug-likeness (QED) is 0.428. The van der Waals surface area contributed by atoms with E-state index in [4.69, 9.17) is 10.5 Å². The lowest BCUT2D eigenvalue weighted by atomic mass is 10.2. The van der Waals surface area contributed by atoms with Crippen LogP contribution in [-0.4, -0.2) is 41.6 Å². The minimum Gasteiger partial charge on any atom is -0.444 e. The molecule has 0 spiro atoms. The van der Waals surface area contributed by atoms with Crippen molar-refractivity contribution in [1.82, 2.24) is 5.32 Å². The summed E-state index contributed by atoms with van der Waals surface area (Å²) in [6, 6.07) is 0.113. The molecule has 0 aliphatic heterocycles. The van der Waals surface area contributed by atoms with E-state index in [0.717, 1.165) is 24.5 Å². The summed E-state index contributed by atoms with van der Waals surface area (Å²) in [5.74, 6) is 2.56. The molecule has 1 amide bonds. The number of carbonyl (C=O) groups excluding carboxylic acids is 1.